The number of hydrogen-bond acceptors (Lipinski definition) is 8. The molecule has 0 aromatic heterocycles. The highest BCUT2D eigenvalue weighted by Gasteiger charge is 2.31. The number of amides is 1. The molecule has 198 valence electrons. The van der Waals surface area contributed by atoms with Crippen molar-refractivity contribution < 1.29 is 39.9 Å². The second-order valence-electron chi connectivity index (χ2n) is 8.69. The fourth-order valence-corrected chi connectivity index (χ4v) is 3.52. The number of benzene rings is 1. The van der Waals surface area contributed by atoms with Crippen LogP contribution in [0.15, 0.2) is 43.0 Å². The van der Waals surface area contributed by atoms with Crippen molar-refractivity contribution in [2.24, 2.45) is 0 Å². The molecule has 0 saturated carbocycles. The van der Waals surface area contributed by atoms with Gasteiger partial charge in [-0.15, -0.1) is 6.58 Å². The lowest BCUT2D eigenvalue weighted by molar-refractivity contribution is -0.159. The van der Waals surface area contributed by atoms with Crippen molar-refractivity contribution in [1.82, 2.24) is 5.32 Å². The number of unbranched alkanes of at least 4 members (excludes halogenated alkanes) is 6. The summed E-state index contributed by atoms with van der Waals surface area (Å²) in [6.45, 7) is 2.23. The molecule has 0 aliphatic carbocycles. The molecule has 0 bridgehead atoms. The number of aliphatic hydroxyl groups is 5. The molecule has 1 rings (SSSR count). The smallest absolute Gasteiger partial charge is 0.329 e. The molecule has 0 aliphatic heterocycles. The summed E-state index contributed by atoms with van der Waals surface area (Å²) in [5.74, 6) is -1.08. The van der Waals surface area contributed by atoms with Crippen LogP contribution in [0.25, 0.3) is 0 Å². The fraction of sp³-hybridized carbons (Fsp3) is 0.615. The first kappa shape index (κ1) is 30.7. The SMILES string of the molecule is C=CCCCCCCCCC(=O)NC(Cc1ccccc1)C(=O)OCC(O)C(O)C(O)C(O)CO. The summed E-state index contributed by atoms with van der Waals surface area (Å²) in [5, 5.41) is 50.5. The predicted molar refractivity (Wildman–Crippen MR) is 131 cm³/mol. The fourth-order valence-electron chi connectivity index (χ4n) is 3.52. The normalized spacial score (nSPS) is 15.5. The van der Waals surface area contributed by atoms with Gasteiger partial charge in [0, 0.05) is 12.8 Å². The standard InChI is InChI=1S/C26H41NO8/c1-2-3-4-5-6-7-8-12-15-23(31)27-20(16-19-13-10-9-11-14-19)26(34)35-18-22(30)25(33)24(32)21(29)17-28/h2,9-11,13-14,20-22,24-25,28-30,32-33H,1,3-8,12,15-18H2,(H,27,31). The van der Waals surface area contributed by atoms with Crippen LogP contribution in [0.2, 0.25) is 0 Å². The Labute approximate surface area is 207 Å². The molecular weight excluding hydrogens is 454 g/mol. The van der Waals surface area contributed by atoms with Crippen LogP contribution in [0.3, 0.4) is 0 Å². The number of nitrogens with one attached hydrogen (secondary N) is 1. The number of allylic oxidation sites excluding steroid dienone is 1. The van der Waals surface area contributed by atoms with Gasteiger partial charge in [0.1, 0.15) is 37.1 Å². The summed E-state index contributed by atoms with van der Waals surface area (Å²) in [4.78, 5) is 25.1. The molecule has 1 amide bonds. The van der Waals surface area contributed by atoms with Gasteiger partial charge in [0.15, 0.2) is 0 Å². The van der Waals surface area contributed by atoms with E-state index in [4.69, 9.17) is 9.84 Å². The minimum Gasteiger partial charge on any atom is -0.461 e. The van der Waals surface area contributed by atoms with Crippen molar-refractivity contribution in [2.45, 2.75) is 88.2 Å². The summed E-state index contributed by atoms with van der Waals surface area (Å²) in [7, 11) is 0. The average molecular weight is 496 g/mol. The number of aliphatic hydroxyl groups excluding tert-OH is 5. The third kappa shape index (κ3) is 12.8. The molecule has 5 unspecified atom stereocenters. The first-order chi connectivity index (χ1) is 16.8. The van der Waals surface area contributed by atoms with Gasteiger partial charge in [-0.25, -0.2) is 4.79 Å². The zero-order chi connectivity index (χ0) is 26.1. The van der Waals surface area contributed by atoms with E-state index in [2.05, 4.69) is 11.9 Å². The van der Waals surface area contributed by atoms with Crippen LogP contribution in [-0.4, -0.2) is 81.1 Å². The quantitative estimate of drug-likeness (QED) is 0.0943. The Morgan fingerprint density at radius 3 is 2.14 bits per heavy atom. The molecule has 0 radical (unpaired) electrons. The van der Waals surface area contributed by atoms with Crippen molar-refractivity contribution in [2.75, 3.05) is 13.2 Å². The van der Waals surface area contributed by atoms with Crippen LogP contribution in [0.1, 0.15) is 56.9 Å². The molecule has 35 heavy (non-hydrogen) atoms. The zero-order valence-electron chi connectivity index (χ0n) is 20.3. The number of carbonyl (C=O) groups is 2. The van der Waals surface area contributed by atoms with Crippen molar-refractivity contribution in [3.63, 3.8) is 0 Å². The Morgan fingerprint density at radius 1 is 0.914 bits per heavy atom. The largest absolute Gasteiger partial charge is 0.461 e. The van der Waals surface area contributed by atoms with Gasteiger partial charge >= 0.3 is 5.97 Å². The van der Waals surface area contributed by atoms with E-state index in [1.807, 2.05) is 36.4 Å². The average Bonchev–Trinajstić information content (AvgIpc) is 2.87. The van der Waals surface area contributed by atoms with E-state index in [0.717, 1.165) is 44.1 Å². The zero-order valence-corrected chi connectivity index (χ0v) is 20.3. The topological polar surface area (TPSA) is 157 Å². The molecule has 5 atom stereocenters. The summed E-state index contributed by atoms with van der Waals surface area (Å²) < 4.78 is 5.09. The number of ether oxygens (including phenoxy) is 1. The van der Waals surface area contributed by atoms with Crippen molar-refractivity contribution >= 4 is 11.9 Å². The minimum atomic E-state index is -1.84. The van der Waals surface area contributed by atoms with Gasteiger partial charge in [0.25, 0.3) is 0 Å². The lowest BCUT2D eigenvalue weighted by Gasteiger charge is -2.26. The summed E-state index contributed by atoms with van der Waals surface area (Å²) in [6, 6.07) is 8.07. The van der Waals surface area contributed by atoms with E-state index in [0.29, 0.717) is 6.42 Å². The molecule has 1 aromatic carbocycles. The Hall–Kier alpha value is -2.30. The van der Waals surface area contributed by atoms with E-state index in [-0.39, 0.29) is 18.7 Å². The molecule has 9 nitrogen and oxygen atoms in total. The van der Waals surface area contributed by atoms with Gasteiger partial charge in [-0.3, -0.25) is 4.79 Å². The van der Waals surface area contributed by atoms with Gasteiger partial charge in [0.05, 0.1) is 6.61 Å². The third-order valence-electron chi connectivity index (χ3n) is 5.69. The number of hydrogen-bond donors (Lipinski definition) is 6. The maximum atomic E-state index is 12.7. The van der Waals surface area contributed by atoms with Gasteiger partial charge in [-0.2, -0.15) is 0 Å². The Kier molecular flexibility index (Phi) is 15.8. The highest BCUT2D eigenvalue weighted by Crippen LogP contribution is 2.11. The van der Waals surface area contributed by atoms with Gasteiger partial charge in [-0.05, 0) is 24.8 Å². The molecule has 0 aliphatic rings. The van der Waals surface area contributed by atoms with Crippen molar-refractivity contribution in [3.05, 3.63) is 48.6 Å². The van der Waals surface area contributed by atoms with Crippen molar-refractivity contribution in [3.8, 4) is 0 Å². The van der Waals surface area contributed by atoms with Gasteiger partial charge in [0.2, 0.25) is 5.91 Å². The van der Waals surface area contributed by atoms with Crippen LogP contribution >= 0.6 is 0 Å². The van der Waals surface area contributed by atoms with Crippen LogP contribution in [0, 0.1) is 0 Å². The van der Waals surface area contributed by atoms with E-state index in [9.17, 15) is 30.0 Å². The summed E-state index contributed by atoms with van der Waals surface area (Å²) >= 11 is 0. The second kappa shape index (κ2) is 18.0. The molecule has 0 heterocycles. The number of rotatable bonds is 19. The van der Waals surface area contributed by atoms with Crippen LogP contribution < -0.4 is 5.32 Å². The molecular formula is C26H41NO8. The van der Waals surface area contributed by atoms with E-state index in [1.165, 1.54) is 0 Å². The van der Waals surface area contributed by atoms with Crippen LogP contribution in [0.4, 0.5) is 0 Å². The lowest BCUT2D eigenvalue weighted by Crippen LogP contribution is -2.49. The predicted octanol–water partition coefficient (Wildman–Crippen LogP) is 1.000. The first-order valence-corrected chi connectivity index (χ1v) is 12.2. The van der Waals surface area contributed by atoms with Gasteiger partial charge < -0.3 is 35.6 Å². The second-order valence-corrected chi connectivity index (χ2v) is 8.69. The molecule has 1 aromatic rings. The van der Waals surface area contributed by atoms with Gasteiger partial charge in [-0.1, -0.05) is 62.1 Å². The van der Waals surface area contributed by atoms with Crippen LogP contribution in [-0.2, 0) is 20.7 Å². The monoisotopic (exact) mass is 495 g/mol. The minimum absolute atomic E-state index is 0.180. The Bertz CT molecular complexity index is 729. The molecule has 0 spiro atoms. The highest BCUT2D eigenvalue weighted by molar-refractivity contribution is 5.84. The van der Waals surface area contributed by atoms with E-state index in [1.54, 1.807) is 0 Å². The maximum absolute atomic E-state index is 12.7. The maximum Gasteiger partial charge on any atom is 0.329 e. The first-order valence-electron chi connectivity index (χ1n) is 12.2. The molecule has 6 N–H and O–H groups in total. The van der Waals surface area contributed by atoms with Crippen LogP contribution in [0.5, 0.6) is 0 Å². The highest BCUT2D eigenvalue weighted by atomic mass is 16.5. The number of esters is 1. The number of carbonyl (C=O) groups excluding carboxylic acids is 2. The molecule has 0 saturated heterocycles. The molecule has 0 fully saturated rings. The molecule has 9 heteroatoms. The Balaban J connectivity index is 2.57. The Morgan fingerprint density at radius 2 is 1.51 bits per heavy atom. The van der Waals surface area contributed by atoms with E-state index >= 15 is 0 Å². The third-order valence-corrected chi connectivity index (χ3v) is 5.69. The summed E-state index contributed by atoms with van der Waals surface area (Å²) in [6.07, 6.45) is 2.39. The van der Waals surface area contributed by atoms with Crippen molar-refractivity contribution in [1.29, 1.82) is 0 Å². The van der Waals surface area contributed by atoms with E-state index < -0.39 is 49.6 Å². The lowest BCUT2D eigenvalue weighted by atomic mass is 10.0. The summed E-state index contributed by atoms with van der Waals surface area (Å²) in [5.41, 5.74) is 0.802.